The minimum atomic E-state index is -0.175. The van der Waals surface area contributed by atoms with Gasteiger partial charge >= 0.3 is 0 Å². The molecule has 0 atom stereocenters. The summed E-state index contributed by atoms with van der Waals surface area (Å²) in [6, 6.07) is 10.2. The molecule has 2 N–H and O–H groups in total. The predicted molar refractivity (Wildman–Crippen MR) is 84.6 cm³/mol. The molecular formula is C15H13BrClNO2. The van der Waals surface area contributed by atoms with Crippen LogP contribution in [0.4, 0.5) is 5.69 Å². The van der Waals surface area contributed by atoms with Crippen LogP contribution in [-0.2, 0) is 0 Å². The molecule has 2 aromatic rings. The van der Waals surface area contributed by atoms with Crippen molar-refractivity contribution in [2.24, 2.45) is 0 Å². The third-order valence-corrected chi connectivity index (χ3v) is 3.81. The van der Waals surface area contributed by atoms with Crippen LogP contribution in [-0.4, -0.2) is 12.4 Å². The van der Waals surface area contributed by atoms with E-state index in [2.05, 4.69) is 15.9 Å². The molecule has 0 fully saturated rings. The first-order chi connectivity index (χ1) is 9.54. The van der Waals surface area contributed by atoms with Crippen molar-refractivity contribution in [1.82, 2.24) is 0 Å². The Labute approximate surface area is 130 Å². The zero-order valence-electron chi connectivity index (χ0n) is 10.8. The van der Waals surface area contributed by atoms with E-state index in [9.17, 15) is 4.79 Å². The molecule has 0 aromatic heterocycles. The van der Waals surface area contributed by atoms with Crippen molar-refractivity contribution in [2.45, 2.75) is 6.92 Å². The molecule has 0 bridgehead atoms. The third kappa shape index (κ3) is 2.97. The van der Waals surface area contributed by atoms with Gasteiger partial charge in [-0.1, -0.05) is 17.7 Å². The van der Waals surface area contributed by atoms with Gasteiger partial charge in [-0.25, -0.2) is 0 Å². The van der Waals surface area contributed by atoms with Crippen molar-refractivity contribution >= 4 is 39.0 Å². The molecule has 0 aliphatic rings. The Balaban J connectivity index is 2.39. The minimum Gasteiger partial charge on any atom is -0.493 e. The van der Waals surface area contributed by atoms with E-state index in [1.165, 1.54) is 0 Å². The van der Waals surface area contributed by atoms with Crippen LogP contribution in [0.3, 0.4) is 0 Å². The lowest BCUT2D eigenvalue weighted by Crippen LogP contribution is -2.04. The number of nitrogens with two attached hydrogens (primary N) is 1. The van der Waals surface area contributed by atoms with Crippen LogP contribution < -0.4 is 10.5 Å². The number of hydrogen-bond acceptors (Lipinski definition) is 3. The van der Waals surface area contributed by atoms with Crippen LogP contribution in [0.25, 0.3) is 0 Å². The fourth-order valence-corrected chi connectivity index (χ4v) is 2.50. The van der Waals surface area contributed by atoms with Crippen LogP contribution in [0.15, 0.2) is 40.9 Å². The predicted octanol–water partition coefficient (Wildman–Crippen LogP) is 4.31. The number of halogens is 2. The highest BCUT2D eigenvalue weighted by atomic mass is 79.9. The van der Waals surface area contributed by atoms with Crippen LogP contribution in [0.1, 0.15) is 22.8 Å². The Hall–Kier alpha value is -1.52. The number of anilines is 1. The molecule has 0 amide bonds. The first-order valence-electron chi connectivity index (χ1n) is 6.05. The largest absolute Gasteiger partial charge is 0.493 e. The Morgan fingerprint density at radius 3 is 2.75 bits per heavy atom. The summed E-state index contributed by atoms with van der Waals surface area (Å²) in [5.41, 5.74) is 7.02. The van der Waals surface area contributed by atoms with E-state index in [0.29, 0.717) is 29.2 Å². The molecule has 0 spiro atoms. The molecule has 0 heterocycles. The number of carbonyl (C=O) groups excluding carboxylic acids is 1. The van der Waals surface area contributed by atoms with Gasteiger partial charge in [0.05, 0.1) is 21.8 Å². The number of ether oxygens (including phenoxy) is 1. The lowest BCUT2D eigenvalue weighted by Gasteiger charge is -2.09. The van der Waals surface area contributed by atoms with E-state index in [1.54, 1.807) is 36.4 Å². The summed E-state index contributed by atoms with van der Waals surface area (Å²) in [6.07, 6.45) is 0. The van der Waals surface area contributed by atoms with Gasteiger partial charge in [-0.2, -0.15) is 0 Å². The van der Waals surface area contributed by atoms with E-state index >= 15 is 0 Å². The van der Waals surface area contributed by atoms with Gasteiger partial charge in [0.1, 0.15) is 5.75 Å². The highest BCUT2D eigenvalue weighted by Gasteiger charge is 2.15. The Kier molecular flexibility index (Phi) is 4.68. The number of nitrogen functional groups attached to an aromatic ring is 1. The summed E-state index contributed by atoms with van der Waals surface area (Å²) in [5.74, 6) is 0.522. The maximum atomic E-state index is 12.4. The second-order valence-electron chi connectivity index (χ2n) is 4.12. The van der Waals surface area contributed by atoms with E-state index in [0.717, 1.165) is 4.47 Å². The van der Waals surface area contributed by atoms with Crippen molar-refractivity contribution in [1.29, 1.82) is 0 Å². The Morgan fingerprint density at radius 1 is 1.35 bits per heavy atom. The van der Waals surface area contributed by atoms with Gasteiger partial charge in [0, 0.05) is 11.1 Å². The number of carbonyl (C=O) groups is 1. The molecule has 0 aliphatic heterocycles. The van der Waals surface area contributed by atoms with Crippen LogP contribution in [0.5, 0.6) is 5.75 Å². The van der Waals surface area contributed by atoms with E-state index in [4.69, 9.17) is 22.1 Å². The third-order valence-electron chi connectivity index (χ3n) is 2.77. The van der Waals surface area contributed by atoms with Gasteiger partial charge in [0.15, 0.2) is 5.78 Å². The quantitative estimate of drug-likeness (QED) is 0.657. The zero-order chi connectivity index (χ0) is 14.7. The molecule has 5 heteroatoms. The summed E-state index contributed by atoms with van der Waals surface area (Å²) in [6.45, 7) is 2.46. The van der Waals surface area contributed by atoms with Crippen molar-refractivity contribution in [3.8, 4) is 5.75 Å². The van der Waals surface area contributed by atoms with Gasteiger partial charge in [-0.3, -0.25) is 4.79 Å². The zero-order valence-corrected chi connectivity index (χ0v) is 13.2. The molecular weight excluding hydrogens is 342 g/mol. The highest BCUT2D eigenvalue weighted by Crippen LogP contribution is 2.29. The summed E-state index contributed by atoms with van der Waals surface area (Å²) >= 11 is 9.46. The highest BCUT2D eigenvalue weighted by molar-refractivity contribution is 9.10. The minimum absolute atomic E-state index is 0.175. The fraction of sp³-hybridized carbons (Fsp3) is 0.133. The monoisotopic (exact) mass is 353 g/mol. The maximum Gasteiger partial charge on any atom is 0.194 e. The second kappa shape index (κ2) is 6.29. The molecule has 0 unspecified atom stereocenters. The summed E-state index contributed by atoms with van der Waals surface area (Å²) in [7, 11) is 0. The molecule has 3 nitrogen and oxygen atoms in total. The number of ketones is 1. The van der Waals surface area contributed by atoms with Gasteiger partial charge in [-0.05, 0) is 53.2 Å². The molecule has 0 saturated heterocycles. The summed E-state index contributed by atoms with van der Waals surface area (Å²) < 4.78 is 6.14. The van der Waals surface area contributed by atoms with Crippen molar-refractivity contribution < 1.29 is 9.53 Å². The van der Waals surface area contributed by atoms with Gasteiger partial charge < -0.3 is 10.5 Å². The first-order valence-corrected chi connectivity index (χ1v) is 7.22. The van der Waals surface area contributed by atoms with Crippen LogP contribution in [0, 0.1) is 0 Å². The molecule has 20 heavy (non-hydrogen) atoms. The summed E-state index contributed by atoms with van der Waals surface area (Å²) in [5, 5.41) is 0.280. The average Bonchev–Trinajstić information content (AvgIpc) is 2.43. The lowest BCUT2D eigenvalue weighted by atomic mass is 10.0. The lowest BCUT2D eigenvalue weighted by molar-refractivity contribution is 0.103. The van der Waals surface area contributed by atoms with Gasteiger partial charge in [0.25, 0.3) is 0 Å². The summed E-state index contributed by atoms with van der Waals surface area (Å²) in [4.78, 5) is 12.4. The fourth-order valence-electron chi connectivity index (χ4n) is 1.80. The standard InChI is InChI=1S/C15H13BrClNO2/c1-2-20-13-7-6-9(8-11(13)16)15(19)10-4-3-5-12(18)14(10)17/h3-8H,2,18H2,1H3. The van der Waals surface area contributed by atoms with Crippen molar-refractivity contribution in [2.75, 3.05) is 12.3 Å². The van der Waals surface area contributed by atoms with Crippen molar-refractivity contribution in [3.63, 3.8) is 0 Å². The smallest absolute Gasteiger partial charge is 0.194 e. The van der Waals surface area contributed by atoms with Crippen molar-refractivity contribution in [3.05, 3.63) is 57.0 Å². The number of benzene rings is 2. The molecule has 104 valence electrons. The molecule has 2 aromatic carbocycles. The topological polar surface area (TPSA) is 52.3 Å². The SMILES string of the molecule is CCOc1ccc(C(=O)c2cccc(N)c2Cl)cc1Br. The van der Waals surface area contributed by atoms with Crippen LogP contribution >= 0.6 is 27.5 Å². The molecule has 0 saturated carbocycles. The average molecular weight is 355 g/mol. The molecule has 0 radical (unpaired) electrons. The van der Waals surface area contributed by atoms with Gasteiger partial charge in [-0.15, -0.1) is 0 Å². The van der Waals surface area contributed by atoms with E-state index in [1.807, 2.05) is 6.92 Å². The second-order valence-corrected chi connectivity index (χ2v) is 5.35. The van der Waals surface area contributed by atoms with E-state index in [-0.39, 0.29) is 10.8 Å². The molecule has 0 aliphatic carbocycles. The van der Waals surface area contributed by atoms with Crippen LogP contribution in [0.2, 0.25) is 5.02 Å². The van der Waals surface area contributed by atoms with E-state index < -0.39 is 0 Å². The Bertz CT molecular complexity index is 658. The molecule has 2 rings (SSSR count). The van der Waals surface area contributed by atoms with Gasteiger partial charge in [0.2, 0.25) is 0 Å². The normalized spacial score (nSPS) is 10.3. The Morgan fingerprint density at radius 2 is 2.10 bits per heavy atom. The number of hydrogen-bond donors (Lipinski definition) is 1. The maximum absolute atomic E-state index is 12.4. The number of rotatable bonds is 4. The first kappa shape index (κ1) is 14.9.